The van der Waals surface area contributed by atoms with E-state index in [0.29, 0.717) is 0 Å². The highest BCUT2D eigenvalue weighted by atomic mass is 19.2. The van der Waals surface area contributed by atoms with E-state index < -0.39 is 48.1 Å². The number of anilines is 1. The maximum absolute atomic E-state index is 15.2. The Morgan fingerprint density at radius 2 is 2.14 bits per heavy atom. The Hall–Kier alpha value is -2.52. The van der Waals surface area contributed by atoms with E-state index in [0.717, 1.165) is 17.7 Å². The Bertz CT molecular complexity index is 868. The van der Waals surface area contributed by atoms with Gasteiger partial charge in [-0.1, -0.05) is 19.8 Å². The summed E-state index contributed by atoms with van der Waals surface area (Å²) in [4.78, 5) is 27.6. The number of esters is 1. The number of alkyl halides is 1. The predicted molar refractivity (Wildman–Crippen MR) is 95.2 cm³/mol. The van der Waals surface area contributed by atoms with Crippen molar-refractivity contribution in [2.45, 2.75) is 50.6 Å². The second-order valence-corrected chi connectivity index (χ2v) is 7.05. The van der Waals surface area contributed by atoms with E-state index in [-0.39, 0.29) is 17.3 Å². The Kier molecular flexibility index (Phi) is 5.82. The minimum atomic E-state index is -3.02. The molecule has 0 saturated carbocycles. The standard InChI is InChI=1S/C17H23FN4O6/c1-5-9-6-22(15(26)21-13(9)20)16(4)11(23)12(24)17(18,28-16)7-27-14(25)10(19)8(2)3/h1,6,8,10-12,23-24H,7,19H2,2-4H3,(H2,20,21,26)/t10-,11+,12-,16+,17+/m0/s1. The van der Waals surface area contributed by atoms with Crippen LogP contribution >= 0.6 is 0 Å². The highest BCUT2D eigenvalue weighted by Crippen LogP contribution is 2.42. The van der Waals surface area contributed by atoms with Crippen LogP contribution in [-0.4, -0.2) is 56.4 Å². The van der Waals surface area contributed by atoms with Crippen molar-refractivity contribution in [1.82, 2.24) is 9.55 Å². The summed E-state index contributed by atoms with van der Waals surface area (Å²) in [5.41, 5.74) is 8.05. The highest BCUT2D eigenvalue weighted by molar-refractivity contribution is 5.75. The molecule has 1 aromatic rings. The molecule has 5 atom stereocenters. The molecule has 1 aliphatic rings. The summed E-state index contributed by atoms with van der Waals surface area (Å²) >= 11 is 0. The predicted octanol–water partition coefficient (Wildman–Crippen LogP) is -1.58. The molecule has 1 aromatic heterocycles. The molecule has 1 saturated heterocycles. The summed E-state index contributed by atoms with van der Waals surface area (Å²) in [5, 5.41) is 20.5. The largest absolute Gasteiger partial charge is 0.458 e. The number of aliphatic hydroxyl groups is 2. The van der Waals surface area contributed by atoms with Gasteiger partial charge in [-0.05, 0) is 12.8 Å². The molecule has 11 heteroatoms. The number of terminal acetylenes is 1. The van der Waals surface area contributed by atoms with Gasteiger partial charge >= 0.3 is 11.7 Å². The second kappa shape index (κ2) is 7.48. The average Bonchev–Trinajstić information content (AvgIpc) is 2.80. The van der Waals surface area contributed by atoms with Crippen LogP contribution in [0.15, 0.2) is 11.0 Å². The molecule has 0 bridgehead atoms. The zero-order chi connectivity index (χ0) is 21.4. The van der Waals surface area contributed by atoms with Gasteiger partial charge in [-0.3, -0.25) is 9.36 Å². The molecule has 2 heterocycles. The van der Waals surface area contributed by atoms with Gasteiger partial charge in [0.05, 0.1) is 5.56 Å². The van der Waals surface area contributed by atoms with Gasteiger partial charge < -0.3 is 31.2 Å². The summed E-state index contributed by atoms with van der Waals surface area (Å²) in [5.74, 6) is -2.24. The van der Waals surface area contributed by atoms with Crippen LogP contribution in [0.25, 0.3) is 0 Å². The molecule has 154 valence electrons. The average molecular weight is 398 g/mol. The Balaban J connectivity index is 2.34. The van der Waals surface area contributed by atoms with E-state index in [1.807, 2.05) is 0 Å². The Morgan fingerprint density at radius 1 is 1.54 bits per heavy atom. The van der Waals surface area contributed by atoms with Crippen LogP contribution in [0, 0.1) is 18.3 Å². The van der Waals surface area contributed by atoms with E-state index >= 15 is 4.39 Å². The normalized spacial score (nSPS) is 30.8. The third-order valence-corrected chi connectivity index (χ3v) is 4.66. The topological polar surface area (TPSA) is 163 Å². The second-order valence-electron chi connectivity index (χ2n) is 7.05. The number of carbonyl (C=O) groups is 1. The lowest BCUT2D eigenvalue weighted by Gasteiger charge is -2.30. The molecule has 1 fully saturated rings. The molecular weight excluding hydrogens is 375 g/mol. The van der Waals surface area contributed by atoms with Crippen LogP contribution in [0.2, 0.25) is 0 Å². The Labute approximate surface area is 160 Å². The van der Waals surface area contributed by atoms with Crippen molar-refractivity contribution >= 4 is 11.8 Å². The first-order valence-electron chi connectivity index (χ1n) is 8.41. The monoisotopic (exact) mass is 398 g/mol. The van der Waals surface area contributed by atoms with Gasteiger partial charge in [0, 0.05) is 6.20 Å². The molecule has 2 rings (SSSR count). The molecular formula is C17H23FN4O6. The molecule has 0 aliphatic carbocycles. The fourth-order valence-electron chi connectivity index (χ4n) is 2.73. The van der Waals surface area contributed by atoms with E-state index in [1.54, 1.807) is 13.8 Å². The van der Waals surface area contributed by atoms with Crippen LogP contribution in [0.4, 0.5) is 10.2 Å². The lowest BCUT2D eigenvalue weighted by atomic mass is 10.0. The molecule has 28 heavy (non-hydrogen) atoms. The molecule has 0 aromatic carbocycles. The molecule has 6 N–H and O–H groups in total. The SMILES string of the molecule is C#Cc1cn([C@]2(C)O[C@](F)(COC(=O)[C@@H](N)C(C)C)[C@@H](O)[C@H]2O)c(=O)nc1N. The molecule has 10 nitrogen and oxygen atoms in total. The van der Waals surface area contributed by atoms with Gasteiger partial charge in [-0.15, -0.1) is 6.42 Å². The lowest BCUT2D eigenvalue weighted by molar-refractivity contribution is -0.245. The summed E-state index contributed by atoms with van der Waals surface area (Å²) < 4.78 is 25.9. The van der Waals surface area contributed by atoms with Gasteiger partial charge in [0.25, 0.3) is 5.85 Å². The van der Waals surface area contributed by atoms with E-state index in [4.69, 9.17) is 27.4 Å². The highest BCUT2D eigenvalue weighted by Gasteiger charge is 2.63. The van der Waals surface area contributed by atoms with Gasteiger partial charge in [-0.25, -0.2) is 9.18 Å². The smallest absolute Gasteiger partial charge is 0.352 e. The van der Waals surface area contributed by atoms with Gasteiger partial charge in [0.15, 0.2) is 12.3 Å². The lowest BCUT2D eigenvalue weighted by Crippen LogP contribution is -2.48. The number of hydrogen-bond acceptors (Lipinski definition) is 9. The zero-order valence-corrected chi connectivity index (χ0v) is 15.6. The Morgan fingerprint density at radius 3 is 2.68 bits per heavy atom. The van der Waals surface area contributed by atoms with E-state index in [1.165, 1.54) is 0 Å². The first-order chi connectivity index (χ1) is 12.9. The third kappa shape index (κ3) is 3.59. The summed E-state index contributed by atoms with van der Waals surface area (Å²) in [7, 11) is 0. The van der Waals surface area contributed by atoms with Crippen LogP contribution in [-0.2, 0) is 20.0 Å². The number of halogens is 1. The first-order valence-corrected chi connectivity index (χ1v) is 8.41. The number of aliphatic hydroxyl groups excluding tert-OH is 2. The van der Waals surface area contributed by atoms with Crippen LogP contribution < -0.4 is 17.2 Å². The van der Waals surface area contributed by atoms with Crippen molar-refractivity contribution in [1.29, 1.82) is 0 Å². The maximum atomic E-state index is 15.2. The van der Waals surface area contributed by atoms with Crippen molar-refractivity contribution in [3.63, 3.8) is 0 Å². The number of nitrogens with zero attached hydrogens (tertiary/aromatic N) is 2. The van der Waals surface area contributed by atoms with Crippen LogP contribution in [0.1, 0.15) is 26.3 Å². The fourth-order valence-corrected chi connectivity index (χ4v) is 2.73. The number of aromatic nitrogens is 2. The number of ether oxygens (including phenoxy) is 2. The first kappa shape index (κ1) is 21.8. The summed E-state index contributed by atoms with van der Waals surface area (Å²) in [6.07, 6.45) is 2.25. The minimum Gasteiger partial charge on any atom is -0.458 e. The number of nitrogen functional groups attached to an aromatic ring is 1. The molecule has 0 radical (unpaired) electrons. The third-order valence-electron chi connectivity index (χ3n) is 4.66. The van der Waals surface area contributed by atoms with Gasteiger partial charge in [0.2, 0.25) is 0 Å². The molecule has 0 unspecified atom stereocenters. The molecule has 0 spiro atoms. The fraction of sp³-hybridized carbons (Fsp3) is 0.588. The van der Waals surface area contributed by atoms with Gasteiger partial charge in [0.1, 0.15) is 24.1 Å². The summed E-state index contributed by atoms with van der Waals surface area (Å²) in [6, 6.07) is -1.01. The van der Waals surface area contributed by atoms with Crippen molar-refractivity contribution in [2.75, 3.05) is 12.3 Å². The van der Waals surface area contributed by atoms with Crippen molar-refractivity contribution in [2.24, 2.45) is 11.7 Å². The van der Waals surface area contributed by atoms with Crippen LogP contribution in [0.5, 0.6) is 0 Å². The molecule has 0 amide bonds. The summed E-state index contributed by atoms with van der Waals surface area (Å²) in [6.45, 7) is 3.42. The number of rotatable bonds is 5. The molecule has 1 aliphatic heterocycles. The maximum Gasteiger partial charge on any atom is 0.352 e. The van der Waals surface area contributed by atoms with Crippen molar-refractivity contribution in [3.8, 4) is 12.3 Å². The van der Waals surface area contributed by atoms with E-state index in [2.05, 4.69) is 10.9 Å². The van der Waals surface area contributed by atoms with Crippen molar-refractivity contribution < 1.29 is 28.9 Å². The zero-order valence-electron chi connectivity index (χ0n) is 15.6. The van der Waals surface area contributed by atoms with E-state index in [9.17, 15) is 19.8 Å². The minimum absolute atomic E-state index is 0.00296. The number of carbonyl (C=O) groups excluding carboxylic acids is 1. The van der Waals surface area contributed by atoms with Crippen molar-refractivity contribution in [3.05, 3.63) is 22.2 Å². The number of hydrogen-bond donors (Lipinski definition) is 4. The van der Waals surface area contributed by atoms with Gasteiger partial charge in [-0.2, -0.15) is 4.98 Å². The number of nitrogens with two attached hydrogens (primary N) is 2. The quantitative estimate of drug-likeness (QED) is 0.339. The van der Waals surface area contributed by atoms with Crippen LogP contribution in [0.3, 0.4) is 0 Å².